The first-order valence-electron chi connectivity index (χ1n) is 6.57. The van der Waals surface area contributed by atoms with Crippen molar-refractivity contribution in [1.29, 1.82) is 0 Å². The summed E-state index contributed by atoms with van der Waals surface area (Å²) in [6.07, 6.45) is 0. The summed E-state index contributed by atoms with van der Waals surface area (Å²) in [4.78, 5) is 10.8. The van der Waals surface area contributed by atoms with E-state index in [0.29, 0.717) is 11.9 Å². The highest BCUT2D eigenvalue weighted by molar-refractivity contribution is 7.18. The van der Waals surface area contributed by atoms with Gasteiger partial charge in [-0.2, -0.15) is 4.98 Å². The molecule has 0 unspecified atom stereocenters. The van der Waals surface area contributed by atoms with Gasteiger partial charge in [0, 0.05) is 11.4 Å². The molecule has 0 aliphatic carbocycles. The van der Waals surface area contributed by atoms with E-state index in [9.17, 15) is 0 Å². The fourth-order valence-electron chi connectivity index (χ4n) is 1.71. The van der Waals surface area contributed by atoms with Crippen molar-refractivity contribution in [3.63, 3.8) is 0 Å². The Morgan fingerprint density at radius 2 is 2.05 bits per heavy atom. The van der Waals surface area contributed by atoms with Crippen LogP contribution in [0, 0.1) is 18.3 Å². The molecule has 2 heterocycles. The third-order valence-electron chi connectivity index (χ3n) is 3.81. The van der Waals surface area contributed by atoms with Crippen LogP contribution in [-0.2, 0) is 0 Å². The summed E-state index contributed by atoms with van der Waals surface area (Å²) in [5.74, 6) is 1.78. The van der Waals surface area contributed by atoms with Gasteiger partial charge in [0.25, 0.3) is 0 Å². The molecule has 2 rings (SSSR count). The van der Waals surface area contributed by atoms with Crippen LogP contribution in [0.1, 0.15) is 32.6 Å². The lowest BCUT2D eigenvalue weighted by molar-refractivity contribution is 0.269. The summed E-state index contributed by atoms with van der Waals surface area (Å²) in [6, 6.07) is 2.12. The minimum absolute atomic E-state index is 0.205. The summed E-state index contributed by atoms with van der Waals surface area (Å²) in [7, 11) is 0. The Labute approximate surface area is 118 Å². The van der Waals surface area contributed by atoms with E-state index in [-0.39, 0.29) is 5.41 Å². The molecule has 5 heteroatoms. The summed E-state index contributed by atoms with van der Waals surface area (Å²) >= 11 is 1.65. The van der Waals surface area contributed by atoms with Crippen LogP contribution in [0.25, 0.3) is 10.2 Å². The molecule has 0 bridgehead atoms. The minimum atomic E-state index is 0.205. The number of nitrogens with one attached hydrogen (secondary N) is 1. The van der Waals surface area contributed by atoms with Gasteiger partial charge in [-0.3, -0.25) is 0 Å². The van der Waals surface area contributed by atoms with E-state index in [2.05, 4.69) is 56.0 Å². The zero-order valence-corrected chi connectivity index (χ0v) is 13.1. The van der Waals surface area contributed by atoms with E-state index in [1.807, 2.05) is 0 Å². The predicted octanol–water partition coefficient (Wildman–Crippen LogP) is 3.68. The normalized spacial score (nSPS) is 12.3. The zero-order valence-electron chi connectivity index (χ0n) is 12.2. The van der Waals surface area contributed by atoms with Crippen LogP contribution in [-0.4, -0.2) is 16.5 Å². The lowest BCUT2D eigenvalue weighted by Crippen LogP contribution is -2.28. The fraction of sp³-hybridized carbons (Fsp3) is 0.571. The molecule has 4 nitrogen and oxygen atoms in total. The molecule has 0 aromatic carbocycles. The molecule has 2 aromatic heterocycles. The van der Waals surface area contributed by atoms with E-state index in [1.54, 1.807) is 11.3 Å². The Morgan fingerprint density at radius 1 is 1.37 bits per heavy atom. The van der Waals surface area contributed by atoms with Crippen molar-refractivity contribution in [3.8, 4) is 0 Å². The van der Waals surface area contributed by atoms with Gasteiger partial charge in [-0.05, 0) is 24.3 Å². The largest absolute Gasteiger partial charge is 0.369 e. The molecule has 104 valence electrons. The van der Waals surface area contributed by atoms with E-state index in [4.69, 9.17) is 5.73 Å². The number of fused-ring (bicyclic) bond motifs is 1. The number of hydrogen-bond donors (Lipinski definition) is 2. The molecular formula is C14H22N4S. The monoisotopic (exact) mass is 278 g/mol. The Hall–Kier alpha value is -1.36. The molecule has 0 fully saturated rings. The zero-order chi connectivity index (χ0) is 14.2. The Bertz CT molecular complexity index is 586. The molecule has 0 saturated carbocycles. The van der Waals surface area contributed by atoms with E-state index in [0.717, 1.165) is 22.6 Å². The molecule has 0 aliphatic heterocycles. The maximum Gasteiger partial charge on any atom is 0.223 e. The lowest BCUT2D eigenvalue weighted by Gasteiger charge is -2.29. The van der Waals surface area contributed by atoms with E-state index < -0.39 is 0 Å². The molecule has 19 heavy (non-hydrogen) atoms. The molecule has 0 spiro atoms. The van der Waals surface area contributed by atoms with Crippen molar-refractivity contribution >= 4 is 33.3 Å². The molecule has 0 saturated heterocycles. The van der Waals surface area contributed by atoms with Crippen molar-refractivity contribution in [1.82, 2.24) is 9.97 Å². The van der Waals surface area contributed by atoms with Crippen molar-refractivity contribution in [2.75, 3.05) is 17.6 Å². The van der Waals surface area contributed by atoms with Crippen LogP contribution in [0.15, 0.2) is 6.07 Å². The Kier molecular flexibility index (Phi) is 3.67. The van der Waals surface area contributed by atoms with Crippen molar-refractivity contribution < 1.29 is 0 Å². The van der Waals surface area contributed by atoms with Crippen LogP contribution < -0.4 is 11.1 Å². The fourth-order valence-corrected chi connectivity index (χ4v) is 2.60. The Morgan fingerprint density at radius 3 is 2.68 bits per heavy atom. The number of anilines is 2. The van der Waals surface area contributed by atoms with Gasteiger partial charge in [0.15, 0.2) is 0 Å². The quantitative estimate of drug-likeness (QED) is 0.895. The van der Waals surface area contributed by atoms with Crippen LogP contribution in [0.4, 0.5) is 11.8 Å². The second-order valence-corrected chi connectivity index (χ2v) is 7.24. The number of thiophene rings is 1. The van der Waals surface area contributed by atoms with Gasteiger partial charge in [-0.15, -0.1) is 11.3 Å². The maximum atomic E-state index is 5.78. The number of nitrogens with two attached hydrogens (primary N) is 1. The SMILES string of the molecule is Cc1cc2c(NCC(C)(C)C(C)C)nc(N)nc2s1. The van der Waals surface area contributed by atoms with Gasteiger partial charge in [0.05, 0.1) is 5.39 Å². The van der Waals surface area contributed by atoms with Gasteiger partial charge in [-0.25, -0.2) is 4.98 Å². The molecule has 0 aliphatic rings. The molecule has 3 N–H and O–H groups in total. The topological polar surface area (TPSA) is 63.8 Å². The number of aromatic nitrogens is 2. The summed E-state index contributed by atoms with van der Waals surface area (Å²) < 4.78 is 0. The summed E-state index contributed by atoms with van der Waals surface area (Å²) in [6.45, 7) is 11.9. The van der Waals surface area contributed by atoms with Crippen LogP contribution in [0.3, 0.4) is 0 Å². The number of rotatable bonds is 4. The van der Waals surface area contributed by atoms with Gasteiger partial charge in [0.1, 0.15) is 10.6 Å². The van der Waals surface area contributed by atoms with Gasteiger partial charge >= 0.3 is 0 Å². The molecule has 0 amide bonds. The Balaban J connectivity index is 2.30. The minimum Gasteiger partial charge on any atom is -0.369 e. The van der Waals surface area contributed by atoms with Crippen LogP contribution >= 0.6 is 11.3 Å². The first-order chi connectivity index (χ1) is 8.79. The number of hydrogen-bond acceptors (Lipinski definition) is 5. The molecular weight excluding hydrogens is 256 g/mol. The summed E-state index contributed by atoms with van der Waals surface area (Å²) in [5.41, 5.74) is 5.98. The van der Waals surface area contributed by atoms with Crippen LogP contribution in [0.5, 0.6) is 0 Å². The molecule has 2 aromatic rings. The standard InChI is InChI=1S/C14H22N4S/c1-8(2)14(4,5)7-16-11-10-6-9(3)19-12(10)18-13(15)17-11/h6,8H,7H2,1-5H3,(H3,15,16,17,18). The third-order valence-corrected chi connectivity index (χ3v) is 4.75. The number of aryl methyl sites for hydroxylation is 1. The van der Waals surface area contributed by atoms with Gasteiger partial charge < -0.3 is 11.1 Å². The first kappa shape index (κ1) is 14.1. The highest BCUT2D eigenvalue weighted by Gasteiger charge is 2.22. The summed E-state index contributed by atoms with van der Waals surface area (Å²) in [5, 5.41) is 4.50. The first-order valence-corrected chi connectivity index (χ1v) is 7.39. The number of nitrogens with zero attached hydrogens (tertiary/aromatic N) is 2. The molecule has 0 radical (unpaired) electrons. The van der Waals surface area contributed by atoms with Crippen molar-refractivity contribution in [2.45, 2.75) is 34.6 Å². The van der Waals surface area contributed by atoms with Crippen molar-refractivity contribution in [2.24, 2.45) is 11.3 Å². The average molecular weight is 278 g/mol. The van der Waals surface area contributed by atoms with Crippen LogP contribution in [0.2, 0.25) is 0 Å². The second-order valence-electron chi connectivity index (χ2n) is 6.00. The third kappa shape index (κ3) is 2.97. The predicted molar refractivity (Wildman–Crippen MR) is 83.7 cm³/mol. The highest BCUT2D eigenvalue weighted by atomic mass is 32.1. The lowest BCUT2D eigenvalue weighted by atomic mass is 9.81. The van der Waals surface area contributed by atoms with Gasteiger partial charge in [0.2, 0.25) is 5.95 Å². The highest BCUT2D eigenvalue weighted by Crippen LogP contribution is 2.31. The van der Waals surface area contributed by atoms with Gasteiger partial charge in [-0.1, -0.05) is 27.7 Å². The second kappa shape index (κ2) is 4.96. The van der Waals surface area contributed by atoms with Crippen molar-refractivity contribution in [3.05, 3.63) is 10.9 Å². The van der Waals surface area contributed by atoms with E-state index >= 15 is 0 Å². The molecule has 0 atom stereocenters. The maximum absolute atomic E-state index is 5.78. The number of nitrogen functional groups attached to an aromatic ring is 1. The smallest absolute Gasteiger partial charge is 0.223 e. The average Bonchev–Trinajstić information content (AvgIpc) is 2.66. The van der Waals surface area contributed by atoms with E-state index in [1.165, 1.54) is 4.88 Å².